The predicted molar refractivity (Wildman–Crippen MR) is 59.9 cm³/mol. The van der Waals surface area contributed by atoms with Crippen LogP contribution in [0.25, 0.3) is 10.4 Å². The van der Waals surface area contributed by atoms with Gasteiger partial charge < -0.3 is 10.1 Å². The number of hydrogen-bond donors (Lipinski definition) is 1. The van der Waals surface area contributed by atoms with Gasteiger partial charge in [-0.25, -0.2) is 4.79 Å². The van der Waals surface area contributed by atoms with E-state index >= 15 is 0 Å². The van der Waals surface area contributed by atoms with E-state index in [1.807, 2.05) is 27.7 Å². The fraction of sp³-hybridized carbons (Fsp3) is 0.900. The van der Waals surface area contributed by atoms with Gasteiger partial charge in [-0.1, -0.05) is 12.0 Å². The van der Waals surface area contributed by atoms with Gasteiger partial charge in [0.15, 0.2) is 0 Å². The third-order valence-corrected chi connectivity index (χ3v) is 2.38. The molecule has 90 valence electrons. The molecule has 1 rings (SSSR count). The maximum atomic E-state index is 11.4. The Hall–Kier alpha value is -1.42. The van der Waals surface area contributed by atoms with Crippen LogP contribution >= 0.6 is 0 Å². The molecule has 0 radical (unpaired) electrons. The molecule has 0 heterocycles. The number of nitrogens with one attached hydrogen (secondary N) is 1. The summed E-state index contributed by atoms with van der Waals surface area (Å²) in [6, 6.07) is 0.0466. The summed E-state index contributed by atoms with van der Waals surface area (Å²) in [7, 11) is 0. The molecule has 0 bridgehead atoms. The van der Waals surface area contributed by atoms with Crippen molar-refractivity contribution in [3.8, 4) is 0 Å². The minimum absolute atomic E-state index is 0.0466. The highest BCUT2D eigenvalue weighted by atomic mass is 16.6. The topological polar surface area (TPSA) is 87.1 Å². The molecule has 0 saturated heterocycles. The summed E-state index contributed by atoms with van der Waals surface area (Å²) in [6.45, 7) is 7.33. The van der Waals surface area contributed by atoms with Crippen LogP contribution in [0.15, 0.2) is 5.11 Å². The van der Waals surface area contributed by atoms with Crippen molar-refractivity contribution in [2.24, 2.45) is 5.11 Å². The van der Waals surface area contributed by atoms with Crippen molar-refractivity contribution in [3.63, 3.8) is 0 Å². The van der Waals surface area contributed by atoms with E-state index in [1.54, 1.807) is 0 Å². The lowest BCUT2D eigenvalue weighted by atomic mass is 9.75. The molecular weight excluding hydrogens is 208 g/mol. The number of carbonyl (C=O) groups is 1. The first kappa shape index (κ1) is 12.6. The smallest absolute Gasteiger partial charge is 0.407 e. The van der Waals surface area contributed by atoms with Crippen molar-refractivity contribution in [2.45, 2.75) is 57.7 Å². The van der Waals surface area contributed by atoms with Crippen molar-refractivity contribution in [3.05, 3.63) is 10.4 Å². The molecule has 1 saturated carbocycles. The Morgan fingerprint density at radius 1 is 1.56 bits per heavy atom. The molecule has 0 unspecified atom stereocenters. The van der Waals surface area contributed by atoms with Gasteiger partial charge in [0.1, 0.15) is 5.60 Å². The van der Waals surface area contributed by atoms with Crippen molar-refractivity contribution < 1.29 is 9.53 Å². The van der Waals surface area contributed by atoms with Gasteiger partial charge in [-0.05, 0) is 39.1 Å². The third kappa shape index (κ3) is 3.62. The Bertz CT molecular complexity index is 322. The molecule has 1 aliphatic rings. The second-order valence-electron chi connectivity index (χ2n) is 5.44. The molecule has 1 amide bonds. The molecule has 0 aromatic rings. The molecular formula is C10H18N4O2. The minimum Gasteiger partial charge on any atom is -0.444 e. The standard InChI is InChI=1S/C10H18N4O2/c1-9(2,3)16-8(15)12-7-5-10(4,6-7)13-14-11/h7H,5-6H2,1-4H3,(H,12,15). The summed E-state index contributed by atoms with van der Waals surface area (Å²) in [5, 5.41) is 6.42. The highest BCUT2D eigenvalue weighted by Crippen LogP contribution is 2.35. The fourth-order valence-electron chi connectivity index (χ4n) is 1.77. The van der Waals surface area contributed by atoms with Gasteiger partial charge in [-0.15, -0.1) is 0 Å². The first-order valence-electron chi connectivity index (χ1n) is 5.30. The van der Waals surface area contributed by atoms with Gasteiger partial charge in [0.2, 0.25) is 0 Å². The van der Waals surface area contributed by atoms with Crippen LogP contribution in [0.1, 0.15) is 40.5 Å². The number of rotatable bonds is 2. The lowest BCUT2D eigenvalue weighted by Crippen LogP contribution is -2.53. The molecule has 0 aromatic carbocycles. The van der Waals surface area contributed by atoms with E-state index in [0.29, 0.717) is 12.8 Å². The normalized spacial score (nSPS) is 28.6. The van der Waals surface area contributed by atoms with Crippen LogP contribution in [0.5, 0.6) is 0 Å². The van der Waals surface area contributed by atoms with Gasteiger partial charge in [-0.2, -0.15) is 0 Å². The molecule has 0 aliphatic heterocycles. The summed E-state index contributed by atoms with van der Waals surface area (Å²) in [5.74, 6) is 0. The van der Waals surface area contributed by atoms with E-state index in [0.717, 1.165) is 0 Å². The maximum absolute atomic E-state index is 11.4. The highest BCUT2D eigenvalue weighted by Gasteiger charge is 2.40. The average molecular weight is 226 g/mol. The van der Waals surface area contributed by atoms with Crippen LogP contribution in [0, 0.1) is 0 Å². The highest BCUT2D eigenvalue weighted by molar-refractivity contribution is 5.68. The van der Waals surface area contributed by atoms with E-state index in [9.17, 15) is 4.79 Å². The Balaban J connectivity index is 2.33. The second kappa shape index (κ2) is 4.22. The third-order valence-electron chi connectivity index (χ3n) is 2.38. The van der Waals surface area contributed by atoms with E-state index in [2.05, 4.69) is 15.3 Å². The Morgan fingerprint density at radius 2 is 2.12 bits per heavy atom. The summed E-state index contributed by atoms with van der Waals surface area (Å²) < 4.78 is 5.12. The van der Waals surface area contributed by atoms with E-state index in [4.69, 9.17) is 10.3 Å². The van der Waals surface area contributed by atoms with Crippen molar-refractivity contribution in [1.82, 2.24) is 5.32 Å². The molecule has 6 nitrogen and oxygen atoms in total. The molecule has 1 N–H and O–H groups in total. The Kier molecular flexibility index (Phi) is 3.33. The van der Waals surface area contributed by atoms with Crippen LogP contribution in [0.4, 0.5) is 4.79 Å². The predicted octanol–water partition coefficient (Wildman–Crippen LogP) is 2.74. The van der Waals surface area contributed by atoms with Gasteiger partial charge in [0.25, 0.3) is 0 Å². The lowest BCUT2D eigenvalue weighted by molar-refractivity contribution is 0.0444. The fourth-order valence-corrected chi connectivity index (χ4v) is 1.77. The van der Waals surface area contributed by atoms with Crippen LogP contribution in [-0.4, -0.2) is 23.3 Å². The average Bonchev–Trinajstić information content (AvgIpc) is 1.97. The first-order valence-corrected chi connectivity index (χ1v) is 5.30. The number of amides is 1. The number of nitrogens with zero attached hydrogens (tertiary/aromatic N) is 3. The summed E-state index contributed by atoms with van der Waals surface area (Å²) in [4.78, 5) is 14.2. The second-order valence-corrected chi connectivity index (χ2v) is 5.44. The molecule has 16 heavy (non-hydrogen) atoms. The molecule has 0 atom stereocenters. The monoisotopic (exact) mass is 226 g/mol. The number of ether oxygens (including phenoxy) is 1. The van der Waals surface area contributed by atoms with E-state index in [-0.39, 0.29) is 11.6 Å². The van der Waals surface area contributed by atoms with Crippen molar-refractivity contribution >= 4 is 6.09 Å². The van der Waals surface area contributed by atoms with Crippen LogP contribution < -0.4 is 5.32 Å². The first-order chi connectivity index (χ1) is 7.24. The zero-order chi connectivity index (χ0) is 12.4. The maximum Gasteiger partial charge on any atom is 0.407 e. The quantitative estimate of drug-likeness (QED) is 0.445. The number of carbonyl (C=O) groups excluding carboxylic acids is 1. The van der Waals surface area contributed by atoms with Crippen LogP contribution in [-0.2, 0) is 4.74 Å². The largest absolute Gasteiger partial charge is 0.444 e. The van der Waals surface area contributed by atoms with E-state index in [1.165, 1.54) is 0 Å². The van der Waals surface area contributed by atoms with Crippen molar-refractivity contribution in [1.29, 1.82) is 0 Å². The number of hydrogen-bond acceptors (Lipinski definition) is 3. The molecule has 1 aliphatic carbocycles. The van der Waals surface area contributed by atoms with Crippen molar-refractivity contribution in [2.75, 3.05) is 0 Å². The number of alkyl carbamates (subject to hydrolysis) is 1. The van der Waals surface area contributed by atoms with Gasteiger partial charge in [0.05, 0.1) is 0 Å². The van der Waals surface area contributed by atoms with E-state index < -0.39 is 11.7 Å². The molecule has 1 fully saturated rings. The molecule has 0 spiro atoms. The summed E-state index contributed by atoms with van der Waals surface area (Å²) >= 11 is 0. The number of azide groups is 1. The lowest BCUT2D eigenvalue weighted by Gasteiger charge is -2.41. The Morgan fingerprint density at radius 3 is 2.56 bits per heavy atom. The van der Waals surface area contributed by atoms with Gasteiger partial charge in [-0.3, -0.25) is 0 Å². The summed E-state index contributed by atoms with van der Waals surface area (Å²) in [5.41, 5.74) is 7.50. The molecule has 0 aromatic heterocycles. The SMILES string of the molecule is CC1(N=[N+]=[N-])CC(NC(=O)OC(C)(C)C)C1. The van der Waals surface area contributed by atoms with Gasteiger partial charge in [0, 0.05) is 16.5 Å². The zero-order valence-corrected chi connectivity index (χ0v) is 10.1. The summed E-state index contributed by atoms with van der Waals surface area (Å²) in [6.07, 6.45) is 0.910. The Labute approximate surface area is 95.0 Å². The zero-order valence-electron chi connectivity index (χ0n) is 10.1. The van der Waals surface area contributed by atoms with Gasteiger partial charge >= 0.3 is 6.09 Å². The minimum atomic E-state index is -0.484. The molecule has 6 heteroatoms. The van der Waals surface area contributed by atoms with Crippen LogP contribution in [0.2, 0.25) is 0 Å². The van der Waals surface area contributed by atoms with Crippen LogP contribution in [0.3, 0.4) is 0 Å².